The molecule has 0 saturated carbocycles. The number of hydrogen-bond acceptors (Lipinski definition) is 18. The molecule has 2 aliphatic rings. The molecule has 33 nitrogen and oxygen atoms in total. The topological polar surface area (TPSA) is 527 Å². The summed E-state index contributed by atoms with van der Waals surface area (Å²) in [7, 11) is 0. The van der Waals surface area contributed by atoms with E-state index in [2.05, 4.69) is 31.9 Å². The SMILES string of the molecule is CC(C)CC/C=C\C=C\C(=O)N[C@H](C(=O)N[C@@H]1C(=O)N[C@H](C(C)C)C(=O)N[C@@H](CCCCN)C(=O)N[C@@H](C(O)C(=O)O)C(=O)N[C@@H](CC(=O)O)C(=O)NCC(=O)N[C@H](C(C)(O)C(=O)O)C(=O)N[C@@H](C(C)C)C(=O)N2C[C@H](C)C[C@H]2C(=O)NC1C)C(C)C(=O)O. The van der Waals surface area contributed by atoms with E-state index < -0.39 is 198 Å². The molecule has 89 heavy (non-hydrogen) atoms. The summed E-state index contributed by atoms with van der Waals surface area (Å²) in [5, 5.41) is 83.7. The minimum atomic E-state index is -3.20. The molecule has 0 aromatic rings. The molecule has 2 heterocycles. The number of hydrogen-bond donors (Lipinski definition) is 17. The smallest absolute Gasteiger partial charge is 0.338 e. The first-order valence-corrected chi connectivity index (χ1v) is 29.0. The lowest BCUT2D eigenvalue weighted by molar-refractivity contribution is -0.164. The van der Waals surface area contributed by atoms with Gasteiger partial charge in [-0.15, -0.1) is 0 Å². The molecule has 33 heteroatoms. The number of carboxylic acids is 4. The number of carbonyl (C=O) groups is 15. The van der Waals surface area contributed by atoms with Gasteiger partial charge in [-0.05, 0) is 89.5 Å². The van der Waals surface area contributed by atoms with E-state index in [-0.39, 0.29) is 38.8 Å². The minimum absolute atomic E-state index is 0.0419. The summed E-state index contributed by atoms with van der Waals surface area (Å²) >= 11 is 0. The van der Waals surface area contributed by atoms with Crippen LogP contribution in [0.2, 0.25) is 0 Å². The molecule has 11 amide bonds. The molecule has 2 aliphatic heterocycles. The van der Waals surface area contributed by atoms with Gasteiger partial charge in [0.25, 0.3) is 0 Å². The molecule has 2 rings (SSSR count). The molecular formula is C56H88N12O21. The van der Waals surface area contributed by atoms with E-state index in [0.717, 1.165) is 24.3 Å². The summed E-state index contributed by atoms with van der Waals surface area (Å²) in [6, 6.07) is -19.5. The Hall–Kier alpha value is -8.59. The van der Waals surface area contributed by atoms with E-state index in [4.69, 9.17) is 5.73 Å². The minimum Gasteiger partial charge on any atom is -0.481 e. The summed E-state index contributed by atoms with van der Waals surface area (Å²) in [5.74, 6) is -25.3. The van der Waals surface area contributed by atoms with E-state index >= 15 is 0 Å². The summed E-state index contributed by atoms with van der Waals surface area (Å²) in [4.78, 5) is 205. The van der Waals surface area contributed by atoms with Gasteiger partial charge in [-0.25, -0.2) is 9.59 Å². The van der Waals surface area contributed by atoms with Crippen molar-refractivity contribution < 1.29 is 103 Å². The fraction of sp³-hybridized carbons (Fsp3) is 0.661. The van der Waals surface area contributed by atoms with Crippen LogP contribution in [0.15, 0.2) is 24.3 Å². The van der Waals surface area contributed by atoms with Crippen molar-refractivity contribution in [2.45, 2.75) is 186 Å². The van der Waals surface area contributed by atoms with Crippen molar-refractivity contribution in [3.8, 4) is 0 Å². The predicted octanol–water partition coefficient (Wildman–Crippen LogP) is -4.80. The zero-order chi connectivity index (χ0) is 67.9. The van der Waals surface area contributed by atoms with E-state index in [1.807, 2.05) is 35.1 Å². The average Bonchev–Trinajstić information content (AvgIpc) is 1.91. The van der Waals surface area contributed by atoms with Gasteiger partial charge in [-0.1, -0.05) is 66.7 Å². The second-order valence-electron chi connectivity index (χ2n) is 23.4. The lowest BCUT2D eigenvalue weighted by Gasteiger charge is -2.34. The Balaban J connectivity index is 3.00. The lowest BCUT2D eigenvalue weighted by atomic mass is 9.94. The van der Waals surface area contributed by atoms with Gasteiger partial charge in [0.05, 0.1) is 24.9 Å². The van der Waals surface area contributed by atoms with Crippen LogP contribution in [-0.2, 0) is 71.9 Å². The quantitative estimate of drug-likeness (QED) is 0.0275. The van der Waals surface area contributed by atoms with Crippen molar-refractivity contribution in [3.05, 3.63) is 24.3 Å². The van der Waals surface area contributed by atoms with Crippen molar-refractivity contribution in [1.29, 1.82) is 0 Å². The molecule has 0 aromatic carbocycles. The third-order valence-electron chi connectivity index (χ3n) is 14.6. The number of nitrogens with one attached hydrogen (secondary N) is 10. The number of carbonyl (C=O) groups excluding carboxylic acids is 11. The first-order valence-electron chi connectivity index (χ1n) is 29.0. The summed E-state index contributed by atoms with van der Waals surface area (Å²) < 4.78 is 0. The normalized spacial score (nSPS) is 26.2. The molecule has 0 aliphatic carbocycles. The van der Waals surface area contributed by atoms with Crippen LogP contribution >= 0.6 is 0 Å². The third-order valence-corrected chi connectivity index (χ3v) is 14.6. The van der Waals surface area contributed by atoms with Gasteiger partial charge in [0, 0.05) is 12.6 Å². The fourth-order valence-corrected chi connectivity index (χ4v) is 9.26. The fourth-order valence-electron chi connectivity index (χ4n) is 9.26. The van der Waals surface area contributed by atoms with Gasteiger partial charge < -0.3 is 94.4 Å². The molecular weight excluding hydrogens is 1180 g/mol. The Morgan fingerprint density at radius 2 is 1.28 bits per heavy atom. The van der Waals surface area contributed by atoms with E-state index in [1.165, 1.54) is 40.7 Å². The molecule has 4 unspecified atom stereocenters. The van der Waals surface area contributed by atoms with Crippen LogP contribution in [-0.4, -0.2) is 216 Å². The van der Waals surface area contributed by atoms with Crippen LogP contribution in [0.25, 0.3) is 0 Å². The number of carboxylic acid groups (broad SMARTS) is 4. The largest absolute Gasteiger partial charge is 0.481 e. The molecule has 14 atom stereocenters. The lowest BCUT2D eigenvalue weighted by Crippen LogP contribution is -2.66. The molecule has 498 valence electrons. The number of allylic oxidation sites excluding steroid dienone is 3. The molecule has 0 bridgehead atoms. The highest BCUT2D eigenvalue weighted by molar-refractivity contribution is 6.02. The Bertz CT molecular complexity index is 2680. The number of aliphatic hydroxyl groups excluding tert-OH is 1. The number of amides is 11. The highest BCUT2D eigenvalue weighted by Gasteiger charge is 2.49. The van der Waals surface area contributed by atoms with Crippen LogP contribution in [0.5, 0.6) is 0 Å². The van der Waals surface area contributed by atoms with Crippen molar-refractivity contribution in [2.24, 2.45) is 35.3 Å². The average molecular weight is 1270 g/mol. The summed E-state index contributed by atoms with van der Waals surface area (Å²) in [5.41, 5.74) is 2.49. The Morgan fingerprint density at radius 1 is 0.697 bits per heavy atom. The number of unbranched alkanes of at least 4 members (excludes halogenated alkanes) is 1. The number of rotatable bonds is 22. The Kier molecular flexibility index (Phi) is 30.4. The molecule has 0 aromatic heterocycles. The molecule has 0 radical (unpaired) electrons. The third kappa shape index (κ3) is 23.5. The monoisotopic (exact) mass is 1260 g/mol. The molecule has 0 spiro atoms. The highest BCUT2D eigenvalue weighted by Crippen LogP contribution is 2.26. The molecule has 2 fully saturated rings. The van der Waals surface area contributed by atoms with Gasteiger partial charge in [-0.2, -0.15) is 0 Å². The summed E-state index contributed by atoms with van der Waals surface area (Å²) in [6.45, 7) is 12.9. The first-order chi connectivity index (χ1) is 41.4. The van der Waals surface area contributed by atoms with Crippen LogP contribution in [0, 0.1) is 29.6 Å². The van der Waals surface area contributed by atoms with Crippen LogP contribution in [0.4, 0.5) is 0 Å². The van der Waals surface area contributed by atoms with E-state index in [1.54, 1.807) is 19.1 Å². The van der Waals surface area contributed by atoms with Gasteiger partial charge >= 0.3 is 23.9 Å². The van der Waals surface area contributed by atoms with Gasteiger partial charge in [0.15, 0.2) is 11.7 Å². The van der Waals surface area contributed by atoms with Crippen molar-refractivity contribution in [2.75, 3.05) is 19.6 Å². The maximum Gasteiger partial charge on any atom is 0.338 e. The van der Waals surface area contributed by atoms with Crippen molar-refractivity contribution in [3.63, 3.8) is 0 Å². The van der Waals surface area contributed by atoms with Crippen LogP contribution in [0.1, 0.15) is 114 Å². The maximum absolute atomic E-state index is 14.8. The zero-order valence-electron chi connectivity index (χ0n) is 51.4. The van der Waals surface area contributed by atoms with Gasteiger partial charge in [0.1, 0.15) is 54.4 Å². The Labute approximate surface area is 513 Å². The summed E-state index contributed by atoms with van der Waals surface area (Å²) in [6.07, 6.45) is 2.87. The number of nitrogens with zero attached hydrogens (tertiary/aromatic N) is 1. The van der Waals surface area contributed by atoms with E-state index in [9.17, 15) is 103 Å². The number of fused-ring (bicyclic) bond motifs is 1. The van der Waals surface area contributed by atoms with Gasteiger partial charge in [0.2, 0.25) is 65.0 Å². The van der Waals surface area contributed by atoms with Gasteiger partial charge in [-0.3, -0.25) is 62.3 Å². The zero-order valence-corrected chi connectivity index (χ0v) is 51.4. The number of nitrogens with two attached hydrogens (primary N) is 1. The van der Waals surface area contributed by atoms with Crippen LogP contribution in [0.3, 0.4) is 0 Å². The van der Waals surface area contributed by atoms with Crippen molar-refractivity contribution in [1.82, 2.24) is 58.1 Å². The second kappa shape index (κ2) is 35.4. The Morgan fingerprint density at radius 3 is 1.83 bits per heavy atom. The standard InChI is InChI=1S/C56H88N12O21/c1-25(2)17-13-11-12-14-19-34(69)62-39(29(8)53(83)84)48(78)66-40-30(9)59-46(76)33-21-28(7)24-68(33)52(82)38(27(5)6)65-51(81)43(56(10,89)55(87)88)63-35(70)23-58-44(74)32(22-36(71)72)61-50(80)41(42(73)54(85)86)67-45(75)31(18-15-16-20-57)60-47(77)37(26(3)4)64-49(40)79/h11-12,14,19,25-33,37-43,73,89H,13,15-18,20-24,57H2,1-10H3,(H,58,74)(H,59,76)(H,60,77)(H,61,80)(H,62,69)(H,63,70)(H,64,79)(H,65,81)(H,66,78)(H,67,75)(H,71,72)(H,83,84)(H,85,86)(H,87,88)/b12-11-,19-14+/t28-,29?,30?,31+,32+,33+,37-,38+,39+,40+,41+,42?,43+,56?/m1/s1. The molecule has 18 N–H and O–H groups in total. The molecule has 2 saturated heterocycles. The number of aliphatic carboxylic acids is 4. The predicted molar refractivity (Wildman–Crippen MR) is 311 cm³/mol. The van der Waals surface area contributed by atoms with Crippen molar-refractivity contribution >= 4 is 88.9 Å². The van der Waals surface area contributed by atoms with Crippen LogP contribution < -0.4 is 58.9 Å². The van der Waals surface area contributed by atoms with E-state index in [0.29, 0.717) is 19.3 Å². The second-order valence-corrected chi connectivity index (χ2v) is 23.4. The highest BCUT2D eigenvalue weighted by atomic mass is 16.4. The number of aliphatic hydroxyl groups is 2. The maximum atomic E-state index is 14.8. The first kappa shape index (κ1) is 76.5.